The van der Waals surface area contributed by atoms with Crippen LogP contribution in [0.25, 0.3) is 16.7 Å². The van der Waals surface area contributed by atoms with E-state index in [-0.39, 0.29) is 12.2 Å². The maximum absolute atomic E-state index is 12.4. The van der Waals surface area contributed by atoms with E-state index in [9.17, 15) is 4.79 Å². The van der Waals surface area contributed by atoms with Gasteiger partial charge in [-0.25, -0.2) is 0 Å². The molecule has 0 aliphatic heterocycles. The van der Waals surface area contributed by atoms with E-state index in [1.54, 1.807) is 31.3 Å². The standard InChI is InChI=1S/C17H12Cl2N4O2/c1-22-16(24)11-4-2-3-5-14(11)23-15(20-21-17(22)23)9-25-10-6-7-12(18)13(19)8-10/h2-8H,9H2,1H3. The van der Waals surface area contributed by atoms with Crippen molar-refractivity contribution in [2.24, 2.45) is 7.05 Å². The summed E-state index contributed by atoms with van der Waals surface area (Å²) >= 11 is 11.9. The zero-order chi connectivity index (χ0) is 17.6. The van der Waals surface area contributed by atoms with Crippen LogP contribution < -0.4 is 10.3 Å². The third-order valence-electron chi connectivity index (χ3n) is 3.95. The number of halogens is 2. The molecule has 2 aromatic heterocycles. The molecule has 0 atom stereocenters. The SMILES string of the molecule is Cn1c(=O)c2ccccc2n2c(COc3ccc(Cl)c(Cl)c3)nnc12. The van der Waals surface area contributed by atoms with E-state index < -0.39 is 0 Å². The van der Waals surface area contributed by atoms with Crippen molar-refractivity contribution >= 4 is 39.9 Å². The molecule has 6 nitrogen and oxygen atoms in total. The molecule has 2 aromatic carbocycles. The normalized spacial score (nSPS) is 11.3. The predicted molar refractivity (Wildman–Crippen MR) is 96.5 cm³/mol. The first kappa shape index (κ1) is 15.9. The predicted octanol–water partition coefficient (Wildman–Crippen LogP) is 3.47. The molecular weight excluding hydrogens is 363 g/mol. The highest BCUT2D eigenvalue weighted by atomic mass is 35.5. The second kappa shape index (κ2) is 6.06. The molecule has 0 N–H and O–H groups in total. The molecule has 2 heterocycles. The van der Waals surface area contributed by atoms with Crippen molar-refractivity contribution in [2.75, 3.05) is 0 Å². The Balaban J connectivity index is 1.80. The Labute approximate surface area is 152 Å². The molecule has 0 spiro atoms. The van der Waals surface area contributed by atoms with Crippen LogP contribution in [0.15, 0.2) is 47.3 Å². The highest BCUT2D eigenvalue weighted by Gasteiger charge is 2.14. The maximum Gasteiger partial charge on any atom is 0.262 e. The summed E-state index contributed by atoms with van der Waals surface area (Å²) in [7, 11) is 1.67. The Morgan fingerprint density at radius 1 is 1.08 bits per heavy atom. The van der Waals surface area contributed by atoms with E-state index >= 15 is 0 Å². The smallest absolute Gasteiger partial charge is 0.262 e. The number of para-hydroxylation sites is 1. The summed E-state index contributed by atoms with van der Waals surface area (Å²) in [6.45, 7) is 0.168. The molecule has 126 valence electrons. The zero-order valence-electron chi connectivity index (χ0n) is 13.1. The van der Waals surface area contributed by atoms with Gasteiger partial charge < -0.3 is 4.74 Å². The van der Waals surface area contributed by atoms with Crippen LogP contribution in [0, 0.1) is 0 Å². The summed E-state index contributed by atoms with van der Waals surface area (Å²) in [5.74, 6) is 1.60. The maximum atomic E-state index is 12.4. The minimum atomic E-state index is -0.118. The van der Waals surface area contributed by atoms with Gasteiger partial charge >= 0.3 is 0 Å². The summed E-state index contributed by atoms with van der Waals surface area (Å²) < 4.78 is 9.04. The second-order valence-corrected chi connectivity index (χ2v) is 6.31. The highest BCUT2D eigenvalue weighted by molar-refractivity contribution is 6.42. The Bertz CT molecular complexity index is 1170. The van der Waals surface area contributed by atoms with Gasteiger partial charge in [-0.05, 0) is 24.3 Å². The molecule has 25 heavy (non-hydrogen) atoms. The summed E-state index contributed by atoms with van der Waals surface area (Å²) in [4.78, 5) is 12.4. The fourth-order valence-electron chi connectivity index (χ4n) is 2.70. The van der Waals surface area contributed by atoms with E-state index in [0.717, 1.165) is 5.52 Å². The summed E-state index contributed by atoms with van der Waals surface area (Å²) in [6, 6.07) is 12.4. The minimum Gasteiger partial charge on any atom is -0.486 e. The third-order valence-corrected chi connectivity index (χ3v) is 4.69. The molecule has 0 bridgehead atoms. The van der Waals surface area contributed by atoms with E-state index in [1.165, 1.54) is 4.57 Å². The van der Waals surface area contributed by atoms with Gasteiger partial charge in [0.05, 0.1) is 20.9 Å². The number of nitrogens with zero attached hydrogens (tertiary/aromatic N) is 4. The topological polar surface area (TPSA) is 61.4 Å². The quantitative estimate of drug-likeness (QED) is 0.550. The highest BCUT2D eigenvalue weighted by Crippen LogP contribution is 2.26. The van der Waals surface area contributed by atoms with E-state index in [4.69, 9.17) is 27.9 Å². The average Bonchev–Trinajstić information content (AvgIpc) is 3.05. The van der Waals surface area contributed by atoms with Gasteiger partial charge in [-0.15, -0.1) is 10.2 Å². The molecule has 0 aliphatic rings. The van der Waals surface area contributed by atoms with Crippen LogP contribution in [0.1, 0.15) is 5.82 Å². The van der Waals surface area contributed by atoms with E-state index in [2.05, 4.69) is 10.2 Å². The first-order chi connectivity index (χ1) is 12.1. The molecule has 0 unspecified atom stereocenters. The molecule has 8 heteroatoms. The summed E-state index contributed by atoms with van der Waals surface area (Å²) in [5.41, 5.74) is 0.616. The van der Waals surface area contributed by atoms with Crippen LogP contribution in [0.5, 0.6) is 5.75 Å². The fourth-order valence-corrected chi connectivity index (χ4v) is 2.99. The van der Waals surface area contributed by atoms with Gasteiger partial charge in [0.1, 0.15) is 12.4 Å². The lowest BCUT2D eigenvalue weighted by Gasteiger charge is -2.09. The van der Waals surface area contributed by atoms with Gasteiger partial charge in [-0.1, -0.05) is 35.3 Å². The average molecular weight is 375 g/mol. The van der Waals surface area contributed by atoms with Crippen molar-refractivity contribution < 1.29 is 4.74 Å². The molecule has 0 fully saturated rings. The van der Waals surface area contributed by atoms with Crippen LogP contribution in [0.2, 0.25) is 10.0 Å². The lowest BCUT2D eigenvalue weighted by molar-refractivity contribution is 0.295. The fraction of sp³-hybridized carbons (Fsp3) is 0.118. The van der Waals surface area contributed by atoms with Crippen LogP contribution in [0.3, 0.4) is 0 Å². The monoisotopic (exact) mass is 374 g/mol. The molecule has 4 aromatic rings. The summed E-state index contributed by atoms with van der Waals surface area (Å²) in [6.07, 6.45) is 0. The molecular formula is C17H12Cl2N4O2. The van der Waals surface area contributed by atoms with Gasteiger partial charge in [0.25, 0.3) is 5.56 Å². The number of fused-ring (bicyclic) bond motifs is 3. The number of benzene rings is 2. The van der Waals surface area contributed by atoms with Gasteiger partial charge in [0, 0.05) is 13.1 Å². The van der Waals surface area contributed by atoms with Crippen LogP contribution in [-0.4, -0.2) is 19.2 Å². The van der Waals surface area contributed by atoms with E-state index in [0.29, 0.717) is 32.8 Å². The van der Waals surface area contributed by atoms with Gasteiger partial charge in [0.15, 0.2) is 5.82 Å². The molecule has 0 saturated heterocycles. The number of hydrogen-bond acceptors (Lipinski definition) is 4. The van der Waals surface area contributed by atoms with Crippen LogP contribution in [-0.2, 0) is 13.7 Å². The van der Waals surface area contributed by atoms with E-state index in [1.807, 2.05) is 22.6 Å². The Morgan fingerprint density at radius 3 is 2.68 bits per heavy atom. The van der Waals surface area contributed by atoms with Crippen LogP contribution >= 0.6 is 23.2 Å². The van der Waals surface area contributed by atoms with Crippen molar-refractivity contribution in [3.05, 3.63) is 68.7 Å². The molecule has 4 rings (SSSR count). The van der Waals surface area contributed by atoms with Crippen molar-refractivity contribution in [3.8, 4) is 5.75 Å². The molecule has 0 aliphatic carbocycles. The van der Waals surface area contributed by atoms with Crippen molar-refractivity contribution in [2.45, 2.75) is 6.61 Å². The largest absolute Gasteiger partial charge is 0.486 e. The lowest BCUT2D eigenvalue weighted by atomic mass is 10.2. The van der Waals surface area contributed by atoms with Crippen molar-refractivity contribution in [1.29, 1.82) is 0 Å². The number of hydrogen-bond donors (Lipinski definition) is 0. The number of aryl methyl sites for hydroxylation is 1. The second-order valence-electron chi connectivity index (χ2n) is 5.50. The Morgan fingerprint density at radius 2 is 1.88 bits per heavy atom. The first-order valence-electron chi connectivity index (χ1n) is 7.46. The molecule has 0 saturated carbocycles. The zero-order valence-corrected chi connectivity index (χ0v) is 14.6. The third kappa shape index (κ3) is 2.63. The summed E-state index contributed by atoms with van der Waals surface area (Å²) in [5, 5.41) is 9.76. The first-order valence-corrected chi connectivity index (χ1v) is 8.21. The number of ether oxygens (including phenoxy) is 1. The number of aromatic nitrogens is 4. The van der Waals surface area contributed by atoms with Gasteiger partial charge in [0.2, 0.25) is 5.78 Å². The Kier molecular flexibility index (Phi) is 3.86. The van der Waals surface area contributed by atoms with Gasteiger partial charge in [-0.3, -0.25) is 13.8 Å². The van der Waals surface area contributed by atoms with Gasteiger partial charge in [-0.2, -0.15) is 0 Å². The lowest BCUT2D eigenvalue weighted by Crippen LogP contribution is -2.20. The number of rotatable bonds is 3. The Hall–Kier alpha value is -2.57. The van der Waals surface area contributed by atoms with Crippen molar-refractivity contribution in [1.82, 2.24) is 19.2 Å². The molecule has 0 amide bonds. The molecule has 0 radical (unpaired) electrons. The van der Waals surface area contributed by atoms with Crippen LogP contribution in [0.4, 0.5) is 0 Å². The van der Waals surface area contributed by atoms with Crippen molar-refractivity contribution in [3.63, 3.8) is 0 Å². The minimum absolute atomic E-state index is 0.118.